The SMILES string of the molecule is CC1C(=O)N(c2ccc3c(cnn3-c3ccc(F)cc3)c2)C(c2ccccc2)C1N1C=CC=C(C(=O)O)C1. The summed E-state index contributed by atoms with van der Waals surface area (Å²) in [5.41, 5.74) is 3.56. The quantitative estimate of drug-likeness (QED) is 0.406. The number of rotatable bonds is 5. The van der Waals surface area contributed by atoms with Crippen molar-refractivity contribution in [3.63, 3.8) is 0 Å². The number of benzene rings is 3. The zero-order chi connectivity index (χ0) is 26.4. The summed E-state index contributed by atoms with van der Waals surface area (Å²) >= 11 is 0. The summed E-state index contributed by atoms with van der Waals surface area (Å²) in [6, 6.07) is 21.1. The van der Waals surface area contributed by atoms with Gasteiger partial charge in [-0.25, -0.2) is 13.9 Å². The molecule has 0 spiro atoms. The molecule has 1 saturated heterocycles. The standard InChI is InChI=1S/C30H25FN4O3/c1-19-27(33-15-5-8-21(18-33)30(37)38)28(20-6-3-2-4-7-20)34(29(19)36)25-13-14-26-22(16-25)17-32-35(26)24-11-9-23(31)10-12-24/h2-17,19,27-28H,18H2,1H3,(H,37,38). The monoisotopic (exact) mass is 508 g/mol. The highest BCUT2D eigenvalue weighted by Crippen LogP contribution is 2.44. The molecule has 4 aromatic rings. The van der Waals surface area contributed by atoms with Crippen LogP contribution in [0.3, 0.4) is 0 Å². The Balaban J connectivity index is 1.42. The number of nitrogens with zero attached hydrogens (tertiary/aromatic N) is 4. The molecule has 1 aromatic heterocycles. The molecule has 3 aromatic carbocycles. The van der Waals surface area contributed by atoms with Gasteiger partial charge in [-0.2, -0.15) is 5.10 Å². The number of halogens is 1. The van der Waals surface area contributed by atoms with Gasteiger partial charge in [-0.05, 0) is 66.4 Å². The van der Waals surface area contributed by atoms with E-state index >= 15 is 0 Å². The Morgan fingerprint density at radius 2 is 1.76 bits per heavy atom. The molecule has 0 aliphatic carbocycles. The lowest BCUT2D eigenvalue weighted by Gasteiger charge is -2.37. The zero-order valence-electron chi connectivity index (χ0n) is 20.6. The summed E-state index contributed by atoms with van der Waals surface area (Å²) in [5, 5.41) is 14.9. The maximum Gasteiger partial charge on any atom is 0.333 e. The summed E-state index contributed by atoms with van der Waals surface area (Å²) in [6.07, 6.45) is 6.93. The van der Waals surface area contributed by atoms with Crippen LogP contribution in [0.25, 0.3) is 16.6 Å². The third-order valence-corrected chi connectivity index (χ3v) is 7.37. The second-order valence-corrected chi connectivity index (χ2v) is 9.63. The van der Waals surface area contributed by atoms with Crippen LogP contribution in [0.15, 0.2) is 103 Å². The number of allylic oxidation sites excluding steroid dienone is 2. The zero-order valence-corrected chi connectivity index (χ0v) is 20.6. The van der Waals surface area contributed by atoms with Crippen molar-refractivity contribution >= 4 is 28.5 Å². The Hall–Kier alpha value is -4.72. The molecule has 0 saturated carbocycles. The summed E-state index contributed by atoms with van der Waals surface area (Å²) in [7, 11) is 0. The topological polar surface area (TPSA) is 78.7 Å². The Morgan fingerprint density at radius 3 is 2.50 bits per heavy atom. The first-order valence-corrected chi connectivity index (χ1v) is 12.4. The van der Waals surface area contributed by atoms with Crippen molar-refractivity contribution in [2.45, 2.75) is 19.0 Å². The molecule has 1 fully saturated rings. The van der Waals surface area contributed by atoms with Crippen LogP contribution >= 0.6 is 0 Å². The normalized spacial score (nSPS) is 21.3. The molecule has 0 bridgehead atoms. The largest absolute Gasteiger partial charge is 0.478 e. The summed E-state index contributed by atoms with van der Waals surface area (Å²) < 4.78 is 15.2. The molecule has 1 amide bonds. The van der Waals surface area contributed by atoms with E-state index in [0.717, 1.165) is 27.8 Å². The Bertz CT molecular complexity index is 1590. The van der Waals surface area contributed by atoms with Crippen LogP contribution in [0.2, 0.25) is 0 Å². The Labute approximate surface area is 218 Å². The second kappa shape index (κ2) is 9.30. The predicted molar refractivity (Wildman–Crippen MR) is 142 cm³/mol. The van der Waals surface area contributed by atoms with Gasteiger partial charge in [0.15, 0.2) is 0 Å². The minimum absolute atomic E-state index is 0.0334. The first-order chi connectivity index (χ1) is 18.4. The summed E-state index contributed by atoms with van der Waals surface area (Å²) in [5.74, 6) is -1.69. The highest BCUT2D eigenvalue weighted by molar-refractivity contribution is 6.01. The van der Waals surface area contributed by atoms with Crippen LogP contribution in [0.4, 0.5) is 10.1 Å². The number of amides is 1. The lowest BCUT2D eigenvalue weighted by atomic mass is 9.92. The molecule has 38 heavy (non-hydrogen) atoms. The Morgan fingerprint density at radius 1 is 1.03 bits per heavy atom. The number of carboxylic acids is 1. The summed E-state index contributed by atoms with van der Waals surface area (Å²) in [6.45, 7) is 2.12. The third kappa shape index (κ3) is 3.94. The number of carboxylic acid groups (broad SMARTS) is 1. The maximum atomic E-state index is 13.8. The average molecular weight is 509 g/mol. The van der Waals surface area contributed by atoms with Crippen molar-refractivity contribution in [3.05, 3.63) is 114 Å². The van der Waals surface area contributed by atoms with E-state index in [2.05, 4.69) is 5.10 Å². The van der Waals surface area contributed by atoms with Gasteiger partial charge in [0.2, 0.25) is 5.91 Å². The van der Waals surface area contributed by atoms with Crippen LogP contribution in [-0.2, 0) is 9.59 Å². The molecule has 3 atom stereocenters. The van der Waals surface area contributed by atoms with E-state index in [1.165, 1.54) is 12.1 Å². The van der Waals surface area contributed by atoms with Crippen molar-refractivity contribution in [1.29, 1.82) is 0 Å². The number of fused-ring (bicyclic) bond motifs is 1. The number of anilines is 1. The molecule has 2 aliphatic rings. The van der Waals surface area contributed by atoms with Crippen LogP contribution in [-0.4, -0.2) is 44.3 Å². The number of aromatic nitrogens is 2. The molecular formula is C30H25FN4O3. The van der Waals surface area contributed by atoms with E-state index in [9.17, 15) is 19.1 Å². The highest BCUT2D eigenvalue weighted by atomic mass is 19.1. The molecule has 3 unspecified atom stereocenters. The van der Waals surface area contributed by atoms with Gasteiger partial charge in [0.1, 0.15) is 5.82 Å². The van der Waals surface area contributed by atoms with Gasteiger partial charge in [-0.1, -0.05) is 37.3 Å². The van der Waals surface area contributed by atoms with Gasteiger partial charge in [-0.15, -0.1) is 0 Å². The number of hydrogen-bond acceptors (Lipinski definition) is 4. The average Bonchev–Trinajstić information content (AvgIpc) is 3.47. The maximum absolute atomic E-state index is 13.8. The smallest absolute Gasteiger partial charge is 0.333 e. The fourth-order valence-corrected chi connectivity index (χ4v) is 5.56. The van der Waals surface area contributed by atoms with E-state index in [4.69, 9.17) is 0 Å². The summed E-state index contributed by atoms with van der Waals surface area (Å²) in [4.78, 5) is 29.3. The third-order valence-electron chi connectivity index (χ3n) is 7.37. The van der Waals surface area contributed by atoms with Crippen LogP contribution < -0.4 is 4.90 Å². The fraction of sp³-hybridized carbons (Fsp3) is 0.167. The molecule has 2 aliphatic heterocycles. The molecule has 0 radical (unpaired) electrons. The van der Waals surface area contributed by atoms with Crippen LogP contribution in [0, 0.1) is 11.7 Å². The molecule has 3 heterocycles. The van der Waals surface area contributed by atoms with Crippen molar-refractivity contribution in [3.8, 4) is 5.69 Å². The Kier molecular flexibility index (Phi) is 5.79. The van der Waals surface area contributed by atoms with Gasteiger partial charge >= 0.3 is 5.97 Å². The van der Waals surface area contributed by atoms with E-state index in [1.54, 1.807) is 35.2 Å². The lowest BCUT2D eigenvalue weighted by molar-refractivity contribution is -0.133. The molecular weight excluding hydrogens is 483 g/mol. The van der Waals surface area contributed by atoms with Crippen LogP contribution in [0.1, 0.15) is 18.5 Å². The van der Waals surface area contributed by atoms with Gasteiger partial charge < -0.3 is 14.9 Å². The van der Waals surface area contributed by atoms with Crippen molar-refractivity contribution in [2.75, 3.05) is 11.4 Å². The first-order valence-electron chi connectivity index (χ1n) is 12.4. The second-order valence-electron chi connectivity index (χ2n) is 9.63. The van der Waals surface area contributed by atoms with Gasteiger partial charge in [0.05, 0.1) is 41.0 Å². The predicted octanol–water partition coefficient (Wildman–Crippen LogP) is 5.10. The molecule has 1 N–H and O–H groups in total. The van der Waals surface area contributed by atoms with Gasteiger partial charge in [0.25, 0.3) is 0 Å². The van der Waals surface area contributed by atoms with E-state index < -0.39 is 5.97 Å². The van der Waals surface area contributed by atoms with E-state index in [-0.39, 0.29) is 41.8 Å². The molecule has 6 rings (SSSR count). The lowest BCUT2D eigenvalue weighted by Crippen LogP contribution is -2.41. The van der Waals surface area contributed by atoms with Gasteiger partial charge in [0, 0.05) is 17.6 Å². The van der Waals surface area contributed by atoms with Crippen molar-refractivity contribution < 1.29 is 19.1 Å². The van der Waals surface area contributed by atoms with Crippen LogP contribution in [0.5, 0.6) is 0 Å². The minimum atomic E-state index is -0.965. The van der Waals surface area contributed by atoms with E-state index in [1.807, 2.05) is 71.5 Å². The number of carbonyl (C=O) groups excluding carboxylic acids is 1. The molecule has 8 heteroatoms. The number of carbonyl (C=O) groups is 2. The number of aliphatic carboxylic acids is 1. The van der Waals surface area contributed by atoms with Gasteiger partial charge in [-0.3, -0.25) is 4.79 Å². The minimum Gasteiger partial charge on any atom is -0.478 e. The molecule has 7 nitrogen and oxygen atoms in total. The van der Waals surface area contributed by atoms with Crippen molar-refractivity contribution in [1.82, 2.24) is 14.7 Å². The van der Waals surface area contributed by atoms with Crippen molar-refractivity contribution in [2.24, 2.45) is 5.92 Å². The number of hydrogen-bond donors (Lipinski definition) is 1. The van der Waals surface area contributed by atoms with E-state index in [0.29, 0.717) is 0 Å². The highest BCUT2D eigenvalue weighted by Gasteiger charge is 2.49. The molecule has 190 valence electrons. The first kappa shape index (κ1) is 23.7. The fourth-order valence-electron chi connectivity index (χ4n) is 5.56.